The fourth-order valence-electron chi connectivity index (χ4n) is 2.29. The van der Waals surface area contributed by atoms with E-state index < -0.39 is 26.9 Å². The molecule has 0 saturated heterocycles. The molecule has 0 spiro atoms. The molecule has 3 aromatic heterocycles. The Morgan fingerprint density at radius 1 is 1.19 bits per heavy atom. The third kappa shape index (κ3) is 5.76. The summed E-state index contributed by atoms with van der Waals surface area (Å²) in [6.07, 6.45) is 1.61. The first-order valence-electron chi connectivity index (χ1n) is 9.00. The zero-order chi connectivity index (χ0) is 22.8. The van der Waals surface area contributed by atoms with E-state index in [9.17, 15) is 17.6 Å². The van der Waals surface area contributed by atoms with Crippen LogP contribution >= 0.6 is 11.6 Å². The number of rotatable bonds is 6. The van der Waals surface area contributed by atoms with Gasteiger partial charge in [-0.25, -0.2) is 19.4 Å². The van der Waals surface area contributed by atoms with E-state index >= 15 is 0 Å². The van der Waals surface area contributed by atoms with E-state index in [-0.39, 0.29) is 16.1 Å². The zero-order valence-corrected chi connectivity index (χ0v) is 18.4. The number of hydrogen-bond donors (Lipinski definition) is 1. The van der Waals surface area contributed by atoms with Gasteiger partial charge in [-0.1, -0.05) is 38.4 Å². The molecule has 0 unspecified atom stereocenters. The molecule has 0 atom stereocenters. The number of aromatic nitrogens is 4. The minimum absolute atomic E-state index is 0.0400. The van der Waals surface area contributed by atoms with E-state index in [1.54, 1.807) is 17.0 Å². The monoisotopic (exact) mass is 467 g/mol. The van der Waals surface area contributed by atoms with Crippen LogP contribution in [0.5, 0.6) is 5.88 Å². The first-order chi connectivity index (χ1) is 14.4. The summed E-state index contributed by atoms with van der Waals surface area (Å²) in [4.78, 5) is 19.7. The van der Waals surface area contributed by atoms with E-state index in [4.69, 9.17) is 16.3 Å². The van der Waals surface area contributed by atoms with Crippen LogP contribution in [-0.2, 0) is 10.0 Å². The van der Waals surface area contributed by atoms with Crippen LogP contribution in [0.4, 0.5) is 4.39 Å². The van der Waals surface area contributed by atoms with E-state index in [2.05, 4.69) is 15.1 Å². The minimum Gasteiger partial charge on any atom is -0.476 e. The Bertz CT molecular complexity index is 1220. The Morgan fingerprint density at radius 3 is 2.58 bits per heavy atom. The van der Waals surface area contributed by atoms with Crippen molar-refractivity contribution in [3.05, 3.63) is 59.3 Å². The Morgan fingerprint density at radius 2 is 1.94 bits per heavy atom. The number of sulfonamides is 1. The largest absolute Gasteiger partial charge is 0.476 e. The van der Waals surface area contributed by atoms with Gasteiger partial charge in [0.25, 0.3) is 15.9 Å². The molecular formula is C19H19ClFN5O4S. The van der Waals surface area contributed by atoms with Gasteiger partial charge in [-0.15, -0.1) is 5.10 Å². The summed E-state index contributed by atoms with van der Waals surface area (Å²) in [6, 6.07) is 7.59. The second kappa shape index (κ2) is 8.60. The van der Waals surface area contributed by atoms with Gasteiger partial charge < -0.3 is 4.74 Å². The van der Waals surface area contributed by atoms with Gasteiger partial charge in [-0.3, -0.25) is 4.79 Å². The van der Waals surface area contributed by atoms with Crippen molar-refractivity contribution in [2.24, 2.45) is 5.41 Å². The van der Waals surface area contributed by atoms with Crippen molar-refractivity contribution in [2.45, 2.75) is 25.8 Å². The van der Waals surface area contributed by atoms with Gasteiger partial charge in [0.1, 0.15) is 5.15 Å². The highest BCUT2D eigenvalue weighted by Crippen LogP contribution is 2.20. The lowest BCUT2D eigenvalue weighted by atomic mass is 9.99. The second-order valence-corrected chi connectivity index (χ2v) is 9.68. The lowest BCUT2D eigenvalue weighted by molar-refractivity contribution is 0.0981. The van der Waals surface area contributed by atoms with Crippen LogP contribution in [0.3, 0.4) is 0 Å². The average molecular weight is 468 g/mol. The second-order valence-electron chi connectivity index (χ2n) is 7.69. The number of hydrogen-bond acceptors (Lipinski definition) is 7. The van der Waals surface area contributed by atoms with Crippen molar-refractivity contribution in [2.75, 3.05) is 6.61 Å². The number of pyridine rings is 2. The van der Waals surface area contributed by atoms with Crippen molar-refractivity contribution >= 4 is 27.5 Å². The molecule has 3 rings (SSSR count). The van der Waals surface area contributed by atoms with E-state index in [1.807, 2.05) is 20.8 Å². The summed E-state index contributed by atoms with van der Waals surface area (Å²) in [7, 11) is -4.40. The molecular weight excluding hydrogens is 449 g/mol. The molecule has 0 aliphatic rings. The molecule has 1 N–H and O–H groups in total. The number of halogens is 2. The van der Waals surface area contributed by atoms with Crippen molar-refractivity contribution in [1.82, 2.24) is 24.5 Å². The molecule has 31 heavy (non-hydrogen) atoms. The number of carbonyl (C=O) groups excluding carboxylic acids is 1. The van der Waals surface area contributed by atoms with Gasteiger partial charge in [-0.05, 0) is 29.7 Å². The predicted molar refractivity (Wildman–Crippen MR) is 110 cm³/mol. The number of carbonyl (C=O) groups is 1. The summed E-state index contributed by atoms with van der Waals surface area (Å²) in [5.41, 5.74) is -0.233. The normalized spacial score (nSPS) is 11.9. The summed E-state index contributed by atoms with van der Waals surface area (Å²) in [5.74, 6) is -1.35. The summed E-state index contributed by atoms with van der Waals surface area (Å²) in [6.45, 7) is 6.55. The fraction of sp³-hybridized carbons (Fsp3) is 0.263. The lowest BCUT2D eigenvalue weighted by Crippen LogP contribution is -2.31. The van der Waals surface area contributed by atoms with Gasteiger partial charge in [0.2, 0.25) is 11.8 Å². The van der Waals surface area contributed by atoms with Gasteiger partial charge in [0.15, 0.2) is 10.8 Å². The molecule has 0 bridgehead atoms. The SMILES string of the molecule is CC(C)(C)COc1ccn(-c2ccc(C(=O)NS(=O)(=O)c3cccc(F)n3)c(Cl)n2)n1. The molecule has 1 amide bonds. The molecule has 0 radical (unpaired) electrons. The Hall–Kier alpha value is -3.05. The number of ether oxygens (including phenoxy) is 1. The van der Waals surface area contributed by atoms with Gasteiger partial charge >= 0.3 is 0 Å². The highest BCUT2D eigenvalue weighted by Gasteiger charge is 2.23. The third-order valence-electron chi connectivity index (χ3n) is 3.72. The third-order valence-corrected chi connectivity index (χ3v) is 5.24. The van der Waals surface area contributed by atoms with Gasteiger partial charge in [0, 0.05) is 12.3 Å². The van der Waals surface area contributed by atoms with Crippen molar-refractivity contribution in [1.29, 1.82) is 0 Å². The molecule has 12 heteroatoms. The van der Waals surface area contributed by atoms with Gasteiger partial charge in [-0.2, -0.15) is 12.8 Å². The van der Waals surface area contributed by atoms with Crippen molar-refractivity contribution < 1.29 is 22.3 Å². The topological polar surface area (TPSA) is 116 Å². The Balaban J connectivity index is 1.76. The smallest absolute Gasteiger partial charge is 0.281 e. The maximum atomic E-state index is 13.2. The van der Waals surface area contributed by atoms with Crippen LogP contribution in [-0.4, -0.2) is 40.7 Å². The summed E-state index contributed by atoms with van der Waals surface area (Å²) < 4.78 is 46.5. The maximum Gasteiger partial charge on any atom is 0.281 e. The van der Waals surface area contributed by atoms with E-state index in [0.29, 0.717) is 18.3 Å². The molecule has 0 fully saturated rings. The fourth-order valence-corrected chi connectivity index (χ4v) is 3.45. The minimum atomic E-state index is -4.40. The van der Waals surface area contributed by atoms with Crippen LogP contribution in [0.15, 0.2) is 47.6 Å². The molecule has 164 valence electrons. The molecule has 9 nitrogen and oxygen atoms in total. The van der Waals surface area contributed by atoms with E-state index in [0.717, 1.165) is 18.2 Å². The zero-order valence-electron chi connectivity index (χ0n) is 16.8. The molecule has 0 aromatic carbocycles. The van der Waals surface area contributed by atoms with Crippen LogP contribution in [0.25, 0.3) is 5.82 Å². The number of nitrogens with zero attached hydrogens (tertiary/aromatic N) is 4. The Kier molecular flexibility index (Phi) is 6.27. The van der Waals surface area contributed by atoms with Crippen LogP contribution in [0, 0.1) is 11.4 Å². The summed E-state index contributed by atoms with van der Waals surface area (Å²) >= 11 is 6.09. The van der Waals surface area contributed by atoms with Crippen molar-refractivity contribution in [3.63, 3.8) is 0 Å². The number of amides is 1. The highest BCUT2D eigenvalue weighted by molar-refractivity contribution is 7.90. The molecule has 0 aliphatic heterocycles. The number of nitrogens with one attached hydrogen (secondary N) is 1. The highest BCUT2D eigenvalue weighted by atomic mass is 35.5. The van der Waals surface area contributed by atoms with Crippen LogP contribution < -0.4 is 9.46 Å². The first-order valence-corrected chi connectivity index (χ1v) is 10.9. The van der Waals surface area contributed by atoms with Crippen LogP contribution in [0.2, 0.25) is 5.15 Å². The van der Waals surface area contributed by atoms with E-state index in [1.165, 1.54) is 16.8 Å². The lowest BCUT2D eigenvalue weighted by Gasteiger charge is -2.17. The van der Waals surface area contributed by atoms with Gasteiger partial charge in [0.05, 0.1) is 12.2 Å². The Labute approximate surface area is 183 Å². The summed E-state index contributed by atoms with van der Waals surface area (Å²) in [5, 5.41) is 3.36. The maximum absolute atomic E-state index is 13.2. The molecule has 3 aromatic rings. The predicted octanol–water partition coefficient (Wildman–Crippen LogP) is 3.00. The van der Waals surface area contributed by atoms with Crippen molar-refractivity contribution in [3.8, 4) is 11.7 Å². The van der Waals surface area contributed by atoms with Crippen LogP contribution in [0.1, 0.15) is 31.1 Å². The molecule has 0 aliphatic carbocycles. The first kappa shape index (κ1) is 22.6. The molecule has 3 heterocycles. The molecule has 0 saturated carbocycles. The standard InChI is InChI=1S/C19H19ClFN5O4S/c1-19(2,3)11-30-15-9-10-26(24-15)14-8-7-12(17(20)23-14)18(27)25-31(28,29)16-6-4-5-13(21)22-16/h4-10H,11H2,1-3H3,(H,25,27). The average Bonchev–Trinajstić information content (AvgIpc) is 3.14. The quantitative estimate of drug-likeness (QED) is 0.554.